The van der Waals surface area contributed by atoms with E-state index in [1.807, 2.05) is 0 Å². The van der Waals surface area contributed by atoms with Gasteiger partial charge in [-0.25, -0.2) is 0 Å². The second-order valence-electron chi connectivity index (χ2n) is 8.90. The van der Waals surface area contributed by atoms with Gasteiger partial charge in [-0.2, -0.15) is 0 Å². The number of allylic oxidation sites excluding steroid dienone is 1. The summed E-state index contributed by atoms with van der Waals surface area (Å²) in [6, 6.07) is 23.9. The normalized spacial score (nSPS) is 18.2. The van der Waals surface area contributed by atoms with Crippen LogP contribution in [-0.4, -0.2) is 0 Å². The number of halogens is 2. The predicted molar refractivity (Wildman–Crippen MR) is 135 cm³/mol. The summed E-state index contributed by atoms with van der Waals surface area (Å²) in [6.45, 7) is 0. The second-order valence-corrected chi connectivity index (χ2v) is 18.4. The minimum absolute atomic E-state index is 0.292. The summed E-state index contributed by atoms with van der Waals surface area (Å²) in [5.74, 6) is 2.76. The van der Waals surface area contributed by atoms with Crippen molar-refractivity contribution in [2.24, 2.45) is 0 Å². The Morgan fingerprint density at radius 2 is 1.66 bits per heavy atom. The van der Waals surface area contributed by atoms with Crippen molar-refractivity contribution in [3.05, 3.63) is 95.1 Å². The Morgan fingerprint density at radius 3 is 2.53 bits per heavy atom. The van der Waals surface area contributed by atoms with Crippen molar-refractivity contribution in [2.45, 2.75) is 42.2 Å². The summed E-state index contributed by atoms with van der Waals surface area (Å²) in [7, 11) is 15.4. The molecule has 0 saturated heterocycles. The van der Waals surface area contributed by atoms with E-state index in [-0.39, 0.29) is 3.72 Å². The Labute approximate surface area is 202 Å². The molecule has 2 aliphatic rings. The van der Waals surface area contributed by atoms with Gasteiger partial charge in [-0.05, 0) is 0 Å². The van der Waals surface area contributed by atoms with Gasteiger partial charge in [0, 0.05) is 0 Å². The first-order valence-corrected chi connectivity index (χ1v) is 17.2. The molecular weight excluding hydrogens is 467 g/mol. The van der Waals surface area contributed by atoms with Crippen molar-refractivity contribution < 1.29 is 14.5 Å². The van der Waals surface area contributed by atoms with Gasteiger partial charge < -0.3 is 0 Å². The van der Waals surface area contributed by atoms with Crippen LogP contribution in [0.5, 0.6) is 0 Å². The van der Waals surface area contributed by atoms with E-state index in [1.54, 1.807) is 0 Å². The van der Waals surface area contributed by atoms with Crippen LogP contribution in [-0.2, 0) is 24.6 Å². The molecule has 3 aromatic carbocycles. The van der Waals surface area contributed by atoms with Crippen molar-refractivity contribution in [1.29, 1.82) is 0 Å². The maximum atomic E-state index is 7.69. The molecule has 0 fully saturated rings. The number of rotatable bonds is 7. The molecule has 0 spiro atoms. The Morgan fingerprint density at radius 1 is 0.875 bits per heavy atom. The zero-order valence-electron chi connectivity index (χ0n) is 18.1. The molecule has 1 atom stereocenters. The Kier molecular flexibility index (Phi) is 6.13. The molecule has 3 heteroatoms. The maximum absolute atomic E-state index is 7.69. The van der Waals surface area contributed by atoms with Gasteiger partial charge in [0.2, 0.25) is 0 Å². The summed E-state index contributed by atoms with van der Waals surface area (Å²) in [4.78, 5) is 0. The van der Waals surface area contributed by atoms with E-state index >= 15 is 0 Å². The first kappa shape index (κ1) is 22.1. The molecule has 1 unspecified atom stereocenters. The third-order valence-corrected chi connectivity index (χ3v) is 16.2. The van der Waals surface area contributed by atoms with Crippen molar-refractivity contribution in [3.8, 4) is 23.5 Å². The van der Waals surface area contributed by atoms with Gasteiger partial charge in [0.05, 0.1) is 0 Å². The Bertz CT molecular complexity index is 1230. The quantitative estimate of drug-likeness (QED) is 0.140. The molecule has 32 heavy (non-hydrogen) atoms. The van der Waals surface area contributed by atoms with Gasteiger partial charge in [0.15, 0.2) is 0 Å². The summed E-state index contributed by atoms with van der Waals surface area (Å²) < 4.78 is 0.923. The standard InChI is InChI=1S/C16H17.C13H9.2ClH.Ti/c1-2-3-4-5-6-9-14-12-13-15-10-7-8-11-16(14)15;1-3-7-12-10(5-1)9-11-6-2-4-8-13(11)12;;;/h1,7-8,10-13H,3-6,9H2;1-5,7-8H,9H2;2*1H;/q;;;;+2/p-2. The summed E-state index contributed by atoms with van der Waals surface area (Å²) in [5.41, 5.74) is 7.88. The molecule has 5 rings (SSSR count). The summed E-state index contributed by atoms with van der Waals surface area (Å²) in [5, 5.41) is 0. The Hall–Kier alpha value is -1.75. The molecule has 2 aliphatic carbocycles. The topological polar surface area (TPSA) is 0 Å². The van der Waals surface area contributed by atoms with E-state index in [0.29, 0.717) is 0 Å². The molecule has 0 radical (unpaired) electrons. The molecule has 0 saturated carbocycles. The molecular formula is C29H26Cl2Ti. The van der Waals surface area contributed by atoms with Crippen LogP contribution >= 0.6 is 18.6 Å². The van der Waals surface area contributed by atoms with Gasteiger partial charge in [-0.15, -0.1) is 0 Å². The number of benzene rings is 3. The molecule has 0 aromatic heterocycles. The van der Waals surface area contributed by atoms with Crippen molar-refractivity contribution in [3.63, 3.8) is 0 Å². The molecule has 0 amide bonds. The van der Waals surface area contributed by atoms with E-state index < -0.39 is 14.5 Å². The fourth-order valence-electron chi connectivity index (χ4n) is 5.52. The van der Waals surface area contributed by atoms with Gasteiger partial charge >= 0.3 is 204 Å². The third-order valence-electron chi connectivity index (χ3n) is 7.13. The fourth-order valence-corrected chi connectivity index (χ4v) is 13.4. The number of hydrogen-bond acceptors (Lipinski definition) is 0. The number of unbranched alkanes of at least 4 members (excludes halogenated alkanes) is 3. The molecule has 160 valence electrons. The van der Waals surface area contributed by atoms with E-state index in [1.165, 1.54) is 37.2 Å². The van der Waals surface area contributed by atoms with Crippen LogP contribution in [0.1, 0.15) is 54.4 Å². The second kappa shape index (κ2) is 8.89. The molecule has 0 heterocycles. The van der Waals surface area contributed by atoms with Crippen molar-refractivity contribution in [2.75, 3.05) is 0 Å². The first-order chi connectivity index (χ1) is 15.6. The van der Waals surface area contributed by atoms with Gasteiger partial charge in [0.25, 0.3) is 0 Å². The fraction of sp³-hybridized carbons (Fsp3) is 0.241. The van der Waals surface area contributed by atoms with Gasteiger partial charge in [-0.1, -0.05) is 0 Å². The zero-order valence-corrected chi connectivity index (χ0v) is 21.2. The Balaban J connectivity index is 1.59. The third kappa shape index (κ3) is 3.52. The van der Waals surface area contributed by atoms with Crippen LogP contribution in [0.3, 0.4) is 0 Å². The van der Waals surface area contributed by atoms with Crippen LogP contribution in [0.2, 0.25) is 0 Å². The minimum atomic E-state index is -3.66. The monoisotopic (exact) mass is 492 g/mol. The molecule has 0 aliphatic heterocycles. The van der Waals surface area contributed by atoms with E-state index in [0.717, 1.165) is 38.5 Å². The zero-order chi connectivity index (χ0) is 22.2. The molecule has 0 bridgehead atoms. The molecule has 0 nitrogen and oxygen atoms in total. The average Bonchev–Trinajstić information content (AvgIpc) is 3.38. The van der Waals surface area contributed by atoms with Crippen LogP contribution in [0.25, 0.3) is 17.2 Å². The number of hydrogen-bond donors (Lipinski definition) is 0. The summed E-state index contributed by atoms with van der Waals surface area (Å²) >= 11 is -3.66. The average molecular weight is 493 g/mol. The first-order valence-electron chi connectivity index (χ1n) is 11.4. The van der Waals surface area contributed by atoms with E-state index in [4.69, 9.17) is 25.0 Å². The molecule has 0 N–H and O–H groups in total. The van der Waals surface area contributed by atoms with E-state index in [2.05, 4.69) is 84.8 Å². The molecule has 3 aromatic rings. The summed E-state index contributed by atoms with van der Waals surface area (Å²) in [6.07, 6.45) is 16.0. The van der Waals surface area contributed by atoms with Crippen molar-refractivity contribution in [1.82, 2.24) is 0 Å². The number of terminal acetylenes is 1. The van der Waals surface area contributed by atoms with Gasteiger partial charge in [0.1, 0.15) is 0 Å². The van der Waals surface area contributed by atoms with E-state index in [9.17, 15) is 0 Å². The van der Waals surface area contributed by atoms with Crippen LogP contribution < -0.4 is 3.87 Å². The van der Waals surface area contributed by atoms with Crippen molar-refractivity contribution >= 4 is 28.6 Å². The van der Waals surface area contributed by atoms with Crippen LogP contribution in [0.4, 0.5) is 0 Å². The van der Waals surface area contributed by atoms with Crippen LogP contribution in [0, 0.1) is 12.3 Å². The van der Waals surface area contributed by atoms with Gasteiger partial charge in [-0.3, -0.25) is 0 Å². The van der Waals surface area contributed by atoms with Crippen LogP contribution in [0.15, 0.2) is 72.8 Å². The number of fused-ring (bicyclic) bond motifs is 4. The predicted octanol–water partition coefficient (Wildman–Crippen LogP) is 7.85. The SMILES string of the molecule is C#CCCCCC[C]1([Ti]([Cl])([Cl])[c]2cccc3c2Cc2ccccc2-3)C=Cc2ccccc21.